The quantitative estimate of drug-likeness (QED) is 0.147. The molecule has 0 aliphatic carbocycles. The Morgan fingerprint density at radius 3 is 1.31 bits per heavy atom. The third-order valence-corrected chi connectivity index (χ3v) is 11.0. The predicted octanol–water partition coefficient (Wildman–Crippen LogP) is 9.22. The van der Waals surface area contributed by atoms with Crippen LogP contribution in [0, 0.1) is 0 Å². The summed E-state index contributed by atoms with van der Waals surface area (Å²) in [6.45, 7) is 0. The van der Waals surface area contributed by atoms with E-state index in [4.69, 9.17) is 0 Å². The highest BCUT2D eigenvalue weighted by atomic mass is 31.2. The van der Waals surface area contributed by atoms with Crippen LogP contribution in [0.25, 0.3) is 33.2 Å². The lowest BCUT2D eigenvalue weighted by Gasteiger charge is -2.20. The fourth-order valence-electron chi connectivity index (χ4n) is 5.89. The van der Waals surface area contributed by atoms with E-state index in [1.807, 2.05) is 72.8 Å². The highest BCUT2D eigenvalue weighted by molar-refractivity contribution is 7.85. The van der Waals surface area contributed by atoms with E-state index >= 15 is 0 Å². The summed E-state index contributed by atoms with van der Waals surface area (Å²) in [5, 5.41) is 7.36. The van der Waals surface area contributed by atoms with E-state index in [-0.39, 0.29) is 0 Å². The molecule has 0 radical (unpaired) electrons. The van der Waals surface area contributed by atoms with Crippen molar-refractivity contribution in [1.82, 2.24) is 0 Å². The van der Waals surface area contributed by atoms with Crippen LogP contribution in [0.5, 0.6) is 0 Å². The molecule has 2 heteroatoms. The monoisotopic (exact) mass is 556 g/mol. The van der Waals surface area contributed by atoms with Crippen LogP contribution in [0.4, 0.5) is 0 Å². The molecule has 200 valence electrons. The van der Waals surface area contributed by atoms with Gasteiger partial charge in [-0.1, -0.05) is 170 Å². The highest BCUT2D eigenvalue weighted by Crippen LogP contribution is 2.42. The Hall–Kier alpha value is -4.97. The SMILES string of the molecule is O=P(c1ccccc1)(c1ccccc1)c1ccc(C=C(c2cccc3ccccc23)c2cccc3ccccc23)cc1. The molecule has 0 heterocycles. The van der Waals surface area contributed by atoms with Gasteiger partial charge in [0.2, 0.25) is 0 Å². The maximum atomic E-state index is 14.9. The van der Waals surface area contributed by atoms with Crippen LogP contribution in [0.15, 0.2) is 170 Å². The first kappa shape index (κ1) is 26.0. The minimum absolute atomic E-state index is 0.828. The molecule has 0 saturated heterocycles. The van der Waals surface area contributed by atoms with Crippen molar-refractivity contribution in [2.75, 3.05) is 0 Å². The summed E-state index contributed by atoms with van der Waals surface area (Å²) in [7, 11) is -3.03. The first-order valence-electron chi connectivity index (χ1n) is 14.2. The molecule has 0 N–H and O–H groups in total. The molecule has 0 aromatic heterocycles. The predicted molar refractivity (Wildman–Crippen MR) is 181 cm³/mol. The lowest BCUT2D eigenvalue weighted by molar-refractivity contribution is 0.592. The fraction of sp³-hybridized carbons (Fsp3) is 0. The number of fused-ring (bicyclic) bond motifs is 2. The molecular weight excluding hydrogens is 527 g/mol. The first-order chi connectivity index (χ1) is 20.7. The van der Waals surface area contributed by atoms with Gasteiger partial charge < -0.3 is 4.57 Å². The molecule has 42 heavy (non-hydrogen) atoms. The van der Waals surface area contributed by atoms with Crippen molar-refractivity contribution in [3.8, 4) is 0 Å². The Labute approximate surface area is 246 Å². The second kappa shape index (κ2) is 11.1. The van der Waals surface area contributed by atoms with Gasteiger partial charge in [-0.05, 0) is 49.9 Å². The van der Waals surface area contributed by atoms with E-state index in [0.29, 0.717) is 0 Å². The van der Waals surface area contributed by atoms with Crippen LogP contribution in [-0.4, -0.2) is 0 Å². The normalized spacial score (nSPS) is 11.4. The van der Waals surface area contributed by atoms with E-state index < -0.39 is 7.14 Å². The van der Waals surface area contributed by atoms with E-state index in [9.17, 15) is 4.57 Å². The van der Waals surface area contributed by atoms with Gasteiger partial charge in [-0.25, -0.2) is 0 Å². The Kier molecular flexibility index (Phi) is 6.88. The van der Waals surface area contributed by atoms with Gasteiger partial charge in [0.15, 0.2) is 7.14 Å². The molecule has 7 rings (SSSR count). The minimum atomic E-state index is -3.03. The van der Waals surface area contributed by atoms with Crippen molar-refractivity contribution in [3.63, 3.8) is 0 Å². The summed E-state index contributed by atoms with van der Waals surface area (Å²) < 4.78 is 14.9. The summed E-state index contributed by atoms with van der Waals surface area (Å²) in [6.07, 6.45) is 2.27. The molecule has 7 aromatic carbocycles. The number of rotatable bonds is 6. The van der Waals surface area contributed by atoms with Crippen molar-refractivity contribution < 1.29 is 4.57 Å². The van der Waals surface area contributed by atoms with Crippen LogP contribution in [0.1, 0.15) is 16.7 Å². The van der Waals surface area contributed by atoms with Crippen molar-refractivity contribution in [3.05, 3.63) is 187 Å². The van der Waals surface area contributed by atoms with Crippen molar-refractivity contribution in [2.45, 2.75) is 0 Å². The molecule has 0 aliphatic heterocycles. The zero-order valence-electron chi connectivity index (χ0n) is 23.1. The van der Waals surface area contributed by atoms with E-state index in [1.165, 1.54) is 32.7 Å². The van der Waals surface area contributed by atoms with Crippen molar-refractivity contribution >= 4 is 56.2 Å². The van der Waals surface area contributed by atoms with Gasteiger partial charge in [0.25, 0.3) is 0 Å². The van der Waals surface area contributed by atoms with Crippen LogP contribution in [0.2, 0.25) is 0 Å². The smallest absolute Gasteiger partial charge is 0.171 e. The van der Waals surface area contributed by atoms with Crippen molar-refractivity contribution in [1.29, 1.82) is 0 Å². The second-order valence-corrected chi connectivity index (χ2v) is 13.3. The van der Waals surface area contributed by atoms with Gasteiger partial charge in [-0.15, -0.1) is 0 Å². The largest absolute Gasteiger partial charge is 0.309 e. The van der Waals surface area contributed by atoms with Gasteiger partial charge >= 0.3 is 0 Å². The molecular formula is C40H29OP. The van der Waals surface area contributed by atoms with Crippen LogP contribution < -0.4 is 15.9 Å². The average Bonchev–Trinajstić information content (AvgIpc) is 3.07. The molecule has 7 aromatic rings. The summed E-state index contributed by atoms with van der Waals surface area (Å²) in [6, 6.07) is 58.1. The van der Waals surface area contributed by atoms with Crippen LogP contribution in [-0.2, 0) is 4.57 Å². The summed E-state index contributed by atoms with van der Waals surface area (Å²) in [4.78, 5) is 0. The Morgan fingerprint density at radius 1 is 0.405 bits per heavy atom. The molecule has 1 nitrogen and oxygen atoms in total. The second-order valence-electron chi connectivity index (χ2n) is 10.5. The molecule has 0 spiro atoms. The van der Waals surface area contributed by atoms with E-state index in [2.05, 4.69) is 103 Å². The molecule has 0 bridgehead atoms. The molecule has 0 amide bonds. The zero-order chi connectivity index (χ0) is 28.4. The number of benzene rings is 7. The Balaban J connectivity index is 1.41. The molecule has 0 saturated carbocycles. The standard InChI is InChI=1S/C40H29OP/c41-42(33-17-3-1-4-18-33,34-19-5-2-6-20-34)35-27-25-30(26-28-35)29-40(38-23-11-15-31-13-7-9-21-36(31)38)39-24-12-16-32-14-8-10-22-37(32)39/h1-29H. The van der Waals surface area contributed by atoms with E-state index in [0.717, 1.165) is 27.1 Å². The third-order valence-electron chi connectivity index (χ3n) is 7.97. The maximum absolute atomic E-state index is 14.9. The summed E-state index contributed by atoms with van der Waals surface area (Å²) in [5.41, 5.74) is 4.59. The zero-order valence-corrected chi connectivity index (χ0v) is 24.0. The highest BCUT2D eigenvalue weighted by Gasteiger charge is 2.29. The molecule has 0 aliphatic rings. The Morgan fingerprint density at radius 2 is 0.810 bits per heavy atom. The fourth-order valence-corrected chi connectivity index (χ4v) is 8.54. The lowest BCUT2D eigenvalue weighted by atomic mass is 9.89. The van der Waals surface area contributed by atoms with Gasteiger partial charge in [0, 0.05) is 15.9 Å². The Bertz CT molecular complexity index is 1960. The van der Waals surface area contributed by atoms with Crippen LogP contribution >= 0.6 is 7.14 Å². The van der Waals surface area contributed by atoms with Crippen molar-refractivity contribution in [2.24, 2.45) is 0 Å². The molecule has 0 atom stereocenters. The molecule has 0 unspecified atom stereocenters. The van der Waals surface area contributed by atoms with Gasteiger partial charge in [0.05, 0.1) is 0 Å². The first-order valence-corrected chi connectivity index (χ1v) is 15.9. The lowest BCUT2D eigenvalue weighted by Crippen LogP contribution is -2.24. The summed E-state index contributed by atoms with van der Waals surface area (Å²) >= 11 is 0. The number of hydrogen-bond donors (Lipinski definition) is 0. The summed E-state index contributed by atoms with van der Waals surface area (Å²) in [5.74, 6) is 0. The topological polar surface area (TPSA) is 17.1 Å². The van der Waals surface area contributed by atoms with E-state index in [1.54, 1.807) is 0 Å². The average molecular weight is 557 g/mol. The van der Waals surface area contributed by atoms with Gasteiger partial charge in [-0.3, -0.25) is 0 Å². The van der Waals surface area contributed by atoms with Gasteiger partial charge in [-0.2, -0.15) is 0 Å². The molecule has 0 fully saturated rings. The maximum Gasteiger partial charge on any atom is 0.171 e. The minimum Gasteiger partial charge on any atom is -0.309 e. The van der Waals surface area contributed by atoms with Gasteiger partial charge in [0.1, 0.15) is 0 Å². The number of hydrogen-bond acceptors (Lipinski definition) is 1. The van der Waals surface area contributed by atoms with Crippen LogP contribution in [0.3, 0.4) is 0 Å². The third kappa shape index (κ3) is 4.69.